The molecule has 158 valence electrons. The average molecular weight is 444 g/mol. The van der Waals surface area contributed by atoms with Gasteiger partial charge in [0.25, 0.3) is 6.47 Å². The van der Waals surface area contributed by atoms with Crippen LogP contribution < -0.4 is 11.1 Å². The first-order chi connectivity index (χ1) is 15.6. The lowest BCUT2D eigenvalue weighted by Gasteiger charge is -2.08. The fourth-order valence-electron chi connectivity index (χ4n) is 2.82. The van der Waals surface area contributed by atoms with E-state index in [4.69, 9.17) is 5.73 Å². The second kappa shape index (κ2) is 10.5. The van der Waals surface area contributed by atoms with Crippen molar-refractivity contribution in [1.29, 1.82) is 10.5 Å². The molecule has 10 heteroatoms. The van der Waals surface area contributed by atoms with Crippen LogP contribution in [0.5, 0.6) is 0 Å². The van der Waals surface area contributed by atoms with Gasteiger partial charge < -0.3 is 15.8 Å². The topological polar surface area (TPSA) is 154 Å². The molecule has 3 rings (SSSR count). The number of thiophene rings is 1. The number of carbonyl (C=O) groups is 2. The van der Waals surface area contributed by atoms with E-state index in [0.717, 1.165) is 11.3 Å². The van der Waals surface area contributed by atoms with Gasteiger partial charge in [-0.15, -0.1) is 10.2 Å². The maximum Gasteiger partial charge on any atom is 0.293 e. The second-order valence-electron chi connectivity index (χ2n) is 6.31. The highest BCUT2D eigenvalue weighted by Gasteiger charge is 2.19. The molecule has 0 saturated heterocycles. The molecule has 0 saturated carbocycles. The Morgan fingerprint density at radius 3 is 2.72 bits per heavy atom. The Bertz CT molecular complexity index is 1270. The SMILES string of the molecule is N#Cc1ccccc1N=Nc1sc(N)c(C#N)c1-c1cccc(NC(=O)CCOC=O)c1. The Morgan fingerprint density at radius 1 is 1.16 bits per heavy atom. The zero-order chi connectivity index (χ0) is 22.9. The Balaban J connectivity index is 1.95. The number of hydrogen-bond acceptors (Lipinski definition) is 9. The molecular formula is C22H16N6O3S. The molecule has 0 bridgehead atoms. The first-order valence-corrected chi connectivity index (χ1v) is 10.1. The molecule has 2 aromatic carbocycles. The maximum absolute atomic E-state index is 12.0. The van der Waals surface area contributed by atoms with E-state index in [-0.39, 0.29) is 36.0 Å². The monoisotopic (exact) mass is 444 g/mol. The van der Waals surface area contributed by atoms with Crippen LogP contribution in [0.2, 0.25) is 0 Å². The Kier molecular flexibility index (Phi) is 7.25. The van der Waals surface area contributed by atoms with Crippen LogP contribution in [0.3, 0.4) is 0 Å². The summed E-state index contributed by atoms with van der Waals surface area (Å²) in [7, 11) is 0. The van der Waals surface area contributed by atoms with Crippen molar-refractivity contribution in [2.24, 2.45) is 10.2 Å². The summed E-state index contributed by atoms with van der Waals surface area (Å²) >= 11 is 1.10. The van der Waals surface area contributed by atoms with E-state index < -0.39 is 0 Å². The normalized spacial score (nSPS) is 10.3. The fourth-order valence-corrected chi connectivity index (χ4v) is 3.68. The minimum absolute atomic E-state index is 0.00950. The molecule has 0 fully saturated rings. The van der Waals surface area contributed by atoms with Crippen LogP contribution in [-0.2, 0) is 14.3 Å². The van der Waals surface area contributed by atoms with Crippen LogP contribution in [0.4, 0.5) is 21.4 Å². The van der Waals surface area contributed by atoms with Crippen molar-refractivity contribution < 1.29 is 14.3 Å². The van der Waals surface area contributed by atoms with Gasteiger partial charge in [-0.25, -0.2) is 0 Å². The number of nitriles is 2. The third-order valence-electron chi connectivity index (χ3n) is 4.25. The van der Waals surface area contributed by atoms with E-state index in [1.54, 1.807) is 48.5 Å². The predicted octanol–water partition coefficient (Wildman–Crippen LogP) is 4.66. The summed E-state index contributed by atoms with van der Waals surface area (Å²) in [6.45, 7) is 0.257. The number of nitrogen functional groups attached to an aromatic ring is 1. The number of benzene rings is 2. The molecule has 0 aliphatic carbocycles. The van der Waals surface area contributed by atoms with E-state index in [2.05, 4.69) is 32.4 Å². The van der Waals surface area contributed by atoms with Crippen LogP contribution in [0, 0.1) is 22.7 Å². The maximum atomic E-state index is 12.0. The van der Waals surface area contributed by atoms with Crippen LogP contribution in [0.15, 0.2) is 58.8 Å². The zero-order valence-electron chi connectivity index (χ0n) is 16.6. The number of nitrogens with two attached hydrogens (primary N) is 1. The summed E-state index contributed by atoms with van der Waals surface area (Å²) in [5.41, 5.74) is 8.62. The number of ether oxygens (including phenoxy) is 1. The number of carbonyl (C=O) groups excluding carboxylic acids is 2. The molecule has 1 amide bonds. The molecule has 1 heterocycles. The van der Waals surface area contributed by atoms with Crippen molar-refractivity contribution in [3.8, 4) is 23.3 Å². The molecular weight excluding hydrogens is 428 g/mol. The number of nitrogens with zero attached hydrogens (tertiary/aromatic N) is 4. The first-order valence-electron chi connectivity index (χ1n) is 9.26. The van der Waals surface area contributed by atoms with Crippen LogP contribution in [0.25, 0.3) is 11.1 Å². The number of amides is 1. The molecule has 0 radical (unpaired) electrons. The predicted molar refractivity (Wildman–Crippen MR) is 119 cm³/mol. The van der Waals surface area contributed by atoms with E-state index in [1.165, 1.54) is 0 Å². The lowest BCUT2D eigenvalue weighted by molar-refractivity contribution is -0.129. The zero-order valence-corrected chi connectivity index (χ0v) is 17.4. The fraction of sp³-hybridized carbons (Fsp3) is 0.0909. The van der Waals surface area contributed by atoms with Crippen LogP contribution >= 0.6 is 11.3 Å². The molecule has 9 nitrogen and oxygen atoms in total. The summed E-state index contributed by atoms with van der Waals surface area (Å²) in [5.74, 6) is -0.331. The second-order valence-corrected chi connectivity index (χ2v) is 7.34. The van der Waals surface area contributed by atoms with Gasteiger partial charge >= 0.3 is 0 Å². The molecule has 0 atom stereocenters. The Labute approximate surface area is 187 Å². The molecule has 0 spiro atoms. The summed E-state index contributed by atoms with van der Waals surface area (Å²) < 4.78 is 4.53. The number of hydrogen-bond donors (Lipinski definition) is 2. The van der Waals surface area contributed by atoms with Gasteiger partial charge in [0.15, 0.2) is 0 Å². The van der Waals surface area contributed by atoms with E-state index in [1.807, 2.05) is 0 Å². The van der Waals surface area contributed by atoms with Crippen molar-refractivity contribution in [2.45, 2.75) is 6.42 Å². The van der Waals surface area contributed by atoms with Gasteiger partial charge in [-0.05, 0) is 29.8 Å². The smallest absolute Gasteiger partial charge is 0.293 e. The number of nitrogens with one attached hydrogen (secondary N) is 1. The molecule has 32 heavy (non-hydrogen) atoms. The highest BCUT2D eigenvalue weighted by molar-refractivity contribution is 7.20. The number of anilines is 2. The summed E-state index contributed by atoms with van der Waals surface area (Å²) in [6.07, 6.45) is 0.00950. The highest BCUT2D eigenvalue weighted by Crippen LogP contribution is 2.45. The van der Waals surface area contributed by atoms with Gasteiger partial charge in [-0.1, -0.05) is 35.6 Å². The van der Waals surface area contributed by atoms with Crippen molar-refractivity contribution in [1.82, 2.24) is 0 Å². The first kappa shape index (κ1) is 22.2. The van der Waals surface area contributed by atoms with Crippen molar-refractivity contribution >= 4 is 45.1 Å². The van der Waals surface area contributed by atoms with Crippen molar-refractivity contribution in [2.75, 3.05) is 17.7 Å². The molecule has 0 aliphatic rings. The minimum atomic E-state index is -0.331. The van der Waals surface area contributed by atoms with Gasteiger partial charge in [0.05, 0.1) is 24.2 Å². The van der Waals surface area contributed by atoms with E-state index in [0.29, 0.717) is 33.1 Å². The lowest BCUT2D eigenvalue weighted by Crippen LogP contribution is -2.13. The molecule has 3 aromatic rings. The molecule has 1 aromatic heterocycles. The van der Waals surface area contributed by atoms with Gasteiger partial charge in [0.2, 0.25) is 5.91 Å². The van der Waals surface area contributed by atoms with Gasteiger partial charge in [-0.2, -0.15) is 10.5 Å². The lowest BCUT2D eigenvalue weighted by atomic mass is 10.0. The van der Waals surface area contributed by atoms with Gasteiger partial charge in [0.1, 0.15) is 27.8 Å². The molecule has 0 unspecified atom stereocenters. The van der Waals surface area contributed by atoms with Crippen LogP contribution in [-0.4, -0.2) is 19.0 Å². The average Bonchev–Trinajstić information content (AvgIpc) is 3.13. The highest BCUT2D eigenvalue weighted by atomic mass is 32.1. The number of rotatable bonds is 8. The van der Waals surface area contributed by atoms with E-state index in [9.17, 15) is 20.1 Å². The summed E-state index contributed by atoms with van der Waals surface area (Å²) in [6, 6.07) is 17.8. The largest absolute Gasteiger partial charge is 0.467 e. The Hall–Kier alpha value is -4.54. The Morgan fingerprint density at radius 2 is 1.97 bits per heavy atom. The van der Waals surface area contributed by atoms with Crippen LogP contribution in [0.1, 0.15) is 17.5 Å². The third kappa shape index (κ3) is 5.14. The van der Waals surface area contributed by atoms with Gasteiger partial charge in [-0.3, -0.25) is 9.59 Å². The number of azo groups is 1. The van der Waals surface area contributed by atoms with Crippen molar-refractivity contribution in [3.05, 3.63) is 59.7 Å². The minimum Gasteiger partial charge on any atom is -0.467 e. The summed E-state index contributed by atoms with van der Waals surface area (Å²) in [4.78, 5) is 22.2. The van der Waals surface area contributed by atoms with E-state index >= 15 is 0 Å². The molecule has 3 N–H and O–H groups in total. The van der Waals surface area contributed by atoms with Gasteiger partial charge in [0, 0.05) is 11.3 Å². The van der Waals surface area contributed by atoms with Crippen molar-refractivity contribution in [3.63, 3.8) is 0 Å². The summed E-state index contributed by atoms with van der Waals surface area (Å²) in [5, 5.41) is 30.7. The quantitative estimate of drug-likeness (QED) is 0.293. The third-order valence-corrected chi connectivity index (χ3v) is 5.15. The molecule has 0 aliphatic heterocycles. The standard InChI is InChI=1S/C22H16N6O3S/c23-11-15-4-1-2-7-18(15)27-28-22-20(17(12-24)21(25)32-22)14-5-3-6-16(10-14)26-19(30)8-9-31-13-29/h1-7,10,13H,8-9,25H2,(H,26,30).